The summed E-state index contributed by atoms with van der Waals surface area (Å²) in [5.74, 6) is -1.18. The van der Waals surface area contributed by atoms with Gasteiger partial charge in [-0.05, 0) is 43.1 Å². The molecule has 120 valence electrons. The van der Waals surface area contributed by atoms with E-state index >= 15 is 0 Å². The fourth-order valence-electron chi connectivity index (χ4n) is 2.00. The van der Waals surface area contributed by atoms with E-state index in [1.807, 2.05) is 19.1 Å². The summed E-state index contributed by atoms with van der Waals surface area (Å²) in [5, 5.41) is 15.7. The van der Waals surface area contributed by atoms with Crippen molar-refractivity contribution in [2.75, 3.05) is 10.6 Å². The van der Waals surface area contributed by atoms with E-state index in [-0.39, 0.29) is 11.3 Å². The lowest BCUT2D eigenvalue weighted by Gasteiger charge is -2.17. The van der Waals surface area contributed by atoms with Gasteiger partial charge in [0.2, 0.25) is 5.91 Å². The molecule has 8 heteroatoms. The zero-order valence-electron chi connectivity index (χ0n) is 12.7. The number of halogens is 1. The zero-order chi connectivity index (χ0) is 17.0. The first-order valence-corrected chi connectivity index (χ1v) is 7.71. The number of nitriles is 1. The van der Waals surface area contributed by atoms with Crippen LogP contribution in [-0.2, 0) is 4.79 Å². The van der Waals surface area contributed by atoms with Gasteiger partial charge < -0.3 is 16.4 Å². The zero-order valence-corrected chi connectivity index (χ0v) is 13.5. The number of aryl methyl sites for hydroxylation is 1. The fourth-order valence-corrected chi connectivity index (χ4v) is 2.67. The second-order valence-corrected chi connectivity index (χ2v) is 5.76. The third-order valence-electron chi connectivity index (χ3n) is 3.19. The molecule has 1 aromatic carbocycles. The number of nitrogens with zero attached hydrogens (tertiary/aromatic N) is 2. The van der Waals surface area contributed by atoms with Crippen LogP contribution in [0.15, 0.2) is 18.2 Å². The molecule has 1 atom stereocenters. The largest absolute Gasteiger partial charge is 0.371 e. The quantitative estimate of drug-likeness (QED) is 0.754. The highest BCUT2D eigenvalue weighted by Crippen LogP contribution is 2.29. The smallest absolute Gasteiger partial charge is 0.239 e. The molecule has 23 heavy (non-hydrogen) atoms. The molecule has 1 unspecified atom stereocenters. The number of primary amides is 1. The molecule has 2 rings (SSSR count). The molecule has 0 radical (unpaired) electrons. The minimum atomic E-state index is -0.684. The van der Waals surface area contributed by atoms with Crippen LogP contribution in [0, 0.1) is 24.1 Å². The number of nitrogens with two attached hydrogens (primary N) is 1. The molecule has 1 heterocycles. The fraction of sp³-hybridized carbons (Fsp3) is 0.267. The highest BCUT2D eigenvalue weighted by atomic mass is 32.1. The molecule has 0 aliphatic carbocycles. The molecule has 0 spiro atoms. The van der Waals surface area contributed by atoms with Gasteiger partial charge in [-0.2, -0.15) is 9.64 Å². The lowest BCUT2D eigenvalue weighted by atomic mass is 10.1. The molecule has 0 fully saturated rings. The molecule has 2 aromatic rings. The minimum absolute atomic E-state index is 0.110. The molecule has 1 amide bonds. The maximum atomic E-state index is 14.1. The van der Waals surface area contributed by atoms with Gasteiger partial charge in [-0.3, -0.25) is 4.79 Å². The van der Waals surface area contributed by atoms with Crippen molar-refractivity contribution in [1.82, 2.24) is 4.37 Å². The number of rotatable bonds is 6. The highest BCUT2D eigenvalue weighted by Gasteiger charge is 2.17. The van der Waals surface area contributed by atoms with Crippen LogP contribution in [0.5, 0.6) is 0 Å². The van der Waals surface area contributed by atoms with E-state index in [9.17, 15) is 9.18 Å². The van der Waals surface area contributed by atoms with Crippen LogP contribution < -0.4 is 16.4 Å². The summed E-state index contributed by atoms with van der Waals surface area (Å²) >= 11 is 1.24. The van der Waals surface area contributed by atoms with Crippen LogP contribution in [0.3, 0.4) is 0 Å². The number of nitrogens with one attached hydrogen (secondary N) is 2. The first-order chi connectivity index (χ1) is 10.9. The van der Waals surface area contributed by atoms with E-state index in [4.69, 9.17) is 11.0 Å². The molecular weight excluding hydrogens is 317 g/mol. The summed E-state index contributed by atoms with van der Waals surface area (Å²) in [5.41, 5.74) is 6.81. The molecule has 0 saturated heterocycles. The Morgan fingerprint density at radius 2 is 2.22 bits per heavy atom. The van der Waals surface area contributed by atoms with Gasteiger partial charge in [-0.25, -0.2) is 4.39 Å². The van der Waals surface area contributed by atoms with E-state index in [2.05, 4.69) is 15.0 Å². The number of benzene rings is 1. The van der Waals surface area contributed by atoms with Gasteiger partial charge in [0.15, 0.2) is 0 Å². The SMILES string of the molecule is CCC(Nc1cc(Nc2cc(C)ns2)c(C#N)cc1F)C(N)=O. The third-order valence-corrected chi connectivity index (χ3v) is 3.99. The Labute approximate surface area is 137 Å². The summed E-state index contributed by atoms with van der Waals surface area (Å²) in [6.45, 7) is 3.62. The topological polar surface area (TPSA) is 104 Å². The number of anilines is 3. The number of carbonyl (C=O) groups is 1. The number of hydrogen-bond acceptors (Lipinski definition) is 6. The molecule has 0 aliphatic rings. The Balaban J connectivity index is 2.35. The maximum Gasteiger partial charge on any atom is 0.239 e. The molecular formula is C15H16FN5OS. The van der Waals surface area contributed by atoms with Crippen LogP contribution in [0.2, 0.25) is 0 Å². The summed E-state index contributed by atoms with van der Waals surface area (Å²) in [6, 6.07) is 5.65. The van der Waals surface area contributed by atoms with Crippen LogP contribution in [0.4, 0.5) is 20.8 Å². The number of aromatic nitrogens is 1. The third kappa shape index (κ3) is 3.96. The molecule has 4 N–H and O–H groups in total. The second kappa shape index (κ2) is 7.07. The number of hydrogen-bond donors (Lipinski definition) is 3. The normalized spacial score (nSPS) is 11.6. The predicted molar refractivity (Wildman–Crippen MR) is 88.1 cm³/mol. The Morgan fingerprint density at radius 3 is 2.74 bits per heavy atom. The first-order valence-electron chi connectivity index (χ1n) is 6.94. The van der Waals surface area contributed by atoms with E-state index in [0.717, 1.165) is 16.8 Å². The van der Waals surface area contributed by atoms with Crippen molar-refractivity contribution in [1.29, 1.82) is 5.26 Å². The summed E-state index contributed by atoms with van der Waals surface area (Å²) in [4.78, 5) is 11.3. The van der Waals surface area contributed by atoms with Gasteiger partial charge in [0, 0.05) is 0 Å². The standard InChI is InChI=1S/C15H16FN5OS/c1-3-11(15(18)22)19-13-6-12(9(7-17)5-10(13)16)20-14-4-8(2)21-23-14/h4-6,11,19-20H,3H2,1-2H3,(H2,18,22). The van der Waals surface area contributed by atoms with Crippen LogP contribution in [-0.4, -0.2) is 16.3 Å². The Morgan fingerprint density at radius 1 is 1.48 bits per heavy atom. The van der Waals surface area contributed by atoms with Gasteiger partial charge in [-0.1, -0.05) is 6.92 Å². The van der Waals surface area contributed by atoms with Gasteiger partial charge in [0.25, 0.3) is 0 Å². The summed E-state index contributed by atoms with van der Waals surface area (Å²) in [7, 11) is 0. The van der Waals surface area contributed by atoms with Crippen molar-refractivity contribution in [2.24, 2.45) is 5.73 Å². The lowest BCUT2D eigenvalue weighted by Crippen LogP contribution is -2.35. The second-order valence-electron chi connectivity index (χ2n) is 4.95. The van der Waals surface area contributed by atoms with Crippen molar-refractivity contribution in [3.63, 3.8) is 0 Å². The van der Waals surface area contributed by atoms with Gasteiger partial charge in [0.05, 0.1) is 22.6 Å². The van der Waals surface area contributed by atoms with Gasteiger partial charge in [-0.15, -0.1) is 0 Å². The first kappa shape index (κ1) is 16.7. The Bertz CT molecular complexity index is 768. The van der Waals surface area contributed by atoms with Crippen molar-refractivity contribution >= 4 is 33.8 Å². The summed E-state index contributed by atoms with van der Waals surface area (Å²) in [6.07, 6.45) is 0.422. The van der Waals surface area contributed by atoms with Crippen molar-refractivity contribution in [2.45, 2.75) is 26.3 Å². The van der Waals surface area contributed by atoms with E-state index < -0.39 is 17.8 Å². The van der Waals surface area contributed by atoms with Crippen molar-refractivity contribution in [3.8, 4) is 6.07 Å². The summed E-state index contributed by atoms with van der Waals surface area (Å²) < 4.78 is 18.3. The Kier molecular flexibility index (Phi) is 5.13. The van der Waals surface area contributed by atoms with Crippen molar-refractivity contribution in [3.05, 3.63) is 35.3 Å². The predicted octanol–water partition coefficient (Wildman–Crippen LogP) is 2.88. The lowest BCUT2D eigenvalue weighted by molar-refractivity contribution is -0.118. The molecule has 1 aromatic heterocycles. The Hall–Kier alpha value is -2.66. The molecule has 0 bridgehead atoms. The van der Waals surface area contributed by atoms with E-state index in [0.29, 0.717) is 12.1 Å². The van der Waals surface area contributed by atoms with Crippen LogP contribution in [0.1, 0.15) is 24.6 Å². The molecule has 0 aliphatic heterocycles. The van der Waals surface area contributed by atoms with E-state index in [1.54, 1.807) is 6.92 Å². The van der Waals surface area contributed by atoms with Crippen LogP contribution in [0.25, 0.3) is 0 Å². The molecule has 6 nitrogen and oxygen atoms in total. The monoisotopic (exact) mass is 333 g/mol. The van der Waals surface area contributed by atoms with Gasteiger partial charge in [0.1, 0.15) is 22.9 Å². The number of carbonyl (C=O) groups excluding carboxylic acids is 1. The van der Waals surface area contributed by atoms with Crippen LogP contribution >= 0.6 is 11.5 Å². The number of amides is 1. The average molecular weight is 333 g/mol. The highest BCUT2D eigenvalue weighted by molar-refractivity contribution is 7.10. The van der Waals surface area contributed by atoms with Gasteiger partial charge >= 0.3 is 0 Å². The minimum Gasteiger partial charge on any atom is -0.371 e. The average Bonchev–Trinajstić information content (AvgIpc) is 2.91. The maximum absolute atomic E-state index is 14.1. The van der Waals surface area contributed by atoms with E-state index in [1.165, 1.54) is 17.6 Å². The van der Waals surface area contributed by atoms with Crippen molar-refractivity contribution < 1.29 is 9.18 Å². The molecule has 0 saturated carbocycles.